The second-order valence-electron chi connectivity index (χ2n) is 4.99. The van der Waals surface area contributed by atoms with Crippen molar-refractivity contribution in [1.82, 2.24) is 9.88 Å². The van der Waals surface area contributed by atoms with Crippen molar-refractivity contribution in [3.05, 3.63) is 24.1 Å². The summed E-state index contributed by atoms with van der Waals surface area (Å²) in [5.41, 5.74) is 0. The van der Waals surface area contributed by atoms with Gasteiger partial charge < -0.3 is 10.2 Å². The third-order valence-corrected chi connectivity index (χ3v) is 3.46. The topological polar surface area (TPSA) is 28.2 Å². The lowest BCUT2D eigenvalue weighted by Crippen LogP contribution is -2.38. The number of rotatable bonds is 3. The molecule has 0 radical (unpaired) electrons. The Bertz CT molecular complexity index is 350. The van der Waals surface area contributed by atoms with Crippen LogP contribution < -0.4 is 5.32 Å². The van der Waals surface area contributed by atoms with E-state index in [4.69, 9.17) is 0 Å². The van der Waals surface area contributed by atoms with Crippen molar-refractivity contribution in [3.8, 4) is 0 Å². The van der Waals surface area contributed by atoms with Crippen molar-refractivity contribution in [1.29, 1.82) is 0 Å². The minimum atomic E-state index is -0.287. The van der Waals surface area contributed by atoms with E-state index in [0.29, 0.717) is 12.1 Å². The molecule has 1 aromatic heterocycles. The minimum absolute atomic E-state index is 0.287. The van der Waals surface area contributed by atoms with Crippen LogP contribution in [-0.2, 0) is 0 Å². The predicted octanol–water partition coefficient (Wildman–Crippen LogP) is 2.51. The lowest BCUT2D eigenvalue weighted by atomic mass is 9.90. The molecule has 94 valence electrons. The van der Waals surface area contributed by atoms with Crippen LogP contribution >= 0.6 is 0 Å². The molecule has 1 aromatic rings. The molecule has 0 aromatic carbocycles. The molecule has 0 aliphatic heterocycles. The zero-order valence-electron chi connectivity index (χ0n) is 10.5. The summed E-state index contributed by atoms with van der Waals surface area (Å²) >= 11 is 0. The smallest absolute Gasteiger partial charge is 0.141 e. The molecule has 0 bridgehead atoms. The zero-order valence-corrected chi connectivity index (χ0v) is 10.5. The molecule has 1 fully saturated rings. The molecule has 0 saturated heterocycles. The van der Waals surface area contributed by atoms with Crippen molar-refractivity contribution in [3.63, 3.8) is 0 Å². The van der Waals surface area contributed by atoms with Crippen LogP contribution in [0.25, 0.3) is 0 Å². The molecular weight excluding hydrogens is 217 g/mol. The van der Waals surface area contributed by atoms with Crippen LogP contribution in [0, 0.1) is 5.82 Å². The number of nitrogens with zero attached hydrogens (tertiary/aromatic N) is 2. The molecule has 2 atom stereocenters. The van der Waals surface area contributed by atoms with E-state index in [9.17, 15) is 4.39 Å². The van der Waals surface area contributed by atoms with E-state index in [1.165, 1.54) is 31.5 Å². The normalized spacial score (nSPS) is 24.9. The molecule has 0 amide bonds. The Balaban J connectivity index is 1.92. The average molecular weight is 237 g/mol. The van der Waals surface area contributed by atoms with Crippen molar-refractivity contribution in [2.75, 3.05) is 19.4 Å². The number of anilines is 1. The summed E-state index contributed by atoms with van der Waals surface area (Å²) in [4.78, 5) is 6.33. The molecule has 2 unspecified atom stereocenters. The van der Waals surface area contributed by atoms with Gasteiger partial charge in [0.2, 0.25) is 0 Å². The number of pyridine rings is 1. The lowest BCUT2D eigenvalue weighted by molar-refractivity contribution is 0.219. The second kappa shape index (κ2) is 5.45. The maximum atomic E-state index is 12.7. The van der Waals surface area contributed by atoms with Gasteiger partial charge in [-0.2, -0.15) is 0 Å². The van der Waals surface area contributed by atoms with Crippen LogP contribution in [0.5, 0.6) is 0 Å². The maximum absolute atomic E-state index is 12.7. The third kappa shape index (κ3) is 3.40. The van der Waals surface area contributed by atoms with E-state index in [0.717, 1.165) is 12.2 Å². The fraction of sp³-hybridized carbons (Fsp3) is 0.615. The molecule has 17 heavy (non-hydrogen) atoms. The lowest BCUT2D eigenvalue weighted by Gasteiger charge is -2.34. The fourth-order valence-electron chi connectivity index (χ4n) is 2.43. The number of halogens is 1. The fourth-order valence-corrected chi connectivity index (χ4v) is 2.43. The molecular formula is C13H20FN3. The third-order valence-electron chi connectivity index (χ3n) is 3.46. The molecule has 4 heteroatoms. The number of nitrogens with one attached hydrogen (secondary N) is 1. The Morgan fingerprint density at radius 3 is 2.82 bits per heavy atom. The molecule has 1 saturated carbocycles. The van der Waals surface area contributed by atoms with Crippen LogP contribution in [0.1, 0.15) is 25.7 Å². The summed E-state index contributed by atoms with van der Waals surface area (Å²) in [7, 11) is 4.26. The van der Waals surface area contributed by atoms with Gasteiger partial charge in [0.15, 0.2) is 0 Å². The summed E-state index contributed by atoms with van der Waals surface area (Å²) in [6, 6.07) is 4.24. The first-order valence-electron chi connectivity index (χ1n) is 6.19. The molecule has 1 heterocycles. The summed E-state index contributed by atoms with van der Waals surface area (Å²) in [5, 5.41) is 3.39. The van der Waals surface area contributed by atoms with E-state index >= 15 is 0 Å². The Labute approximate surface area is 102 Å². The first-order valence-corrected chi connectivity index (χ1v) is 6.19. The van der Waals surface area contributed by atoms with Crippen LogP contribution in [-0.4, -0.2) is 36.1 Å². The van der Waals surface area contributed by atoms with Gasteiger partial charge in [0.25, 0.3) is 0 Å². The highest BCUT2D eigenvalue weighted by atomic mass is 19.1. The monoisotopic (exact) mass is 237 g/mol. The molecule has 3 nitrogen and oxygen atoms in total. The van der Waals surface area contributed by atoms with Crippen LogP contribution in [0.3, 0.4) is 0 Å². The van der Waals surface area contributed by atoms with Gasteiger partial charge in [-0.1, -0.05) is 0 Å². The van der Waals surface area contributed by atoms with Crippen molar-refractivity contribution in [2.24, 2.45) is 0 Å². The Kier molecular flexibility index (Phi) is 3.94. The number of hydrogen-bond donors (Lipinski definition) is 1. The van der Waals surface area contributed by atoms with E-state index in [1.54, 1.807) is 6.07 Å². The Morgan fingerprint density at radius 1 is 1.35 bits per heavy atom. The summed E-state index contributed by atoms with van der Waals surface area (Å²) in [6.07, 6.45) is 6.06. The molecule has 2 rings (SSSR count). The van der Waals surface area contributed by atoms with Crippen molar-refractivity contribution < 1.29 is 4.39 Å². The Morgan fingerprint density at radius 2 is 2.18 bits per heavy atom. The highest BCUT2D eigenvalue weighted by Crippen LogP contribution is 2.23. The van der Waals surface area contributed by atoms with Crippen LogP contribution in [0.4, 0.5) is 10.2 Å². The Hall–Kier alpha value is -1.16. The van der Waals surface area contributed by atoms with Gasteiger partial charge >= 0.3 is 0 Å². The van der Waals surface area contributed by atoms with E-state index in [2.05, 4.69) is 29.3 Å². The molecule has 1 N–H and O–H groups in total. The van der Waals surface area contributed by atoms with Gasteiger partial charge in [0.05, 0.1) is 6.20 Å². The van der Waals surface area contributed by atoms with Gasteiger partial charge in [-0.3, -0.25) is 0 Å². The predicted molar refractivity (Wildman–Crippen MR) is 67.5 cm³/mol. The highest BCUT2D eigenvalue weighted by Gasteiger charge is 2.23. The molecule has 1 aliphatic rings. The number of aromatic nitrogens is 1. The van der Waals surface area contributed by atoms with Gasteiger partial charge in [-0.25, -0.2) is 9.37 Å². The van der Waals surface area contributed by atoms with Gasteiger partial charge in [-0.05, 0) is 51.9 Å². The summed E-state index contributed by atoms with van der Waals surface area (Å²) < 4.78 is 12.7. The molecule has 1 aliphatic carbocycles. The number of hydrogen-bond acceptors (Lipinski definition) is 3. The molecule has 0 spiro atoms. The van der Waals surface area contributed by atoms with E-state index < -0.39 is 0 Å². The van der Waals surface area contributed by atoms with Gasteiger partial charge in [0.1, 0.15) is 11.6 Å². The second-order valence-corrected chi connectivity index (χ2v) is 4.99. The standard InChI is InChI=1S/C13H20FN3/c1-17(2)12-5-3-4-11(8-12)16-13-7-6-10(14)9-15-13/h6-7,9,11-12H,3-5,8H2,1-2H3,(H,15,16). The summed E-state index contributed by atoms with van der Waals surface area (Å²) in [6.45, 7) is 0. The highest BCUT2D eigenvalue weighted by molar-refractivity contribution is 5.35. The van der Waals surface area contributed by atoms with E-state index in [1.807, 2.05) is 0 Å². The van der Waals surface area contributed by atoms with Gasteiger partial charge in [0, 0.05) is 12.1 Å². The van der Waals surface area contributed by atoms with Gasteiger partial charge in [-0.15, -0.1) is 0 Å². The quantitative estimate of drug-likeness (QED) is 0.875. The summed E-state index contributed by atoms with van der Waals surface area (Å²) in [5.74, 6) is 0.487. The maximum Gasteiger partial charge on any atom is 0.141 e. The first kappa shape index (κ1) is 12.3. The average Bonchev–Trinajstić information content (AvgIpc) is 2.32. The minimum Gasteiger partial charge on any atom is -0.367 e. The largest absolute Gasteiger partial charge is 0.367 e. The zero-order chi connectivity index (χ0) is 12.3. The first-order chi connectivity index (χ1) is 8.15. The SMILES string of the molecule is CN(C)C1CCCC(Nc2ccc(F)cn2)C1. The van der Waals surface area contributed by atoms with Crippen LogP contribution in [0.2, 0.25) is 0 Å². The van der Waals surface area contributed by atoms with E-state index in [-0.39, 0.29) is 5.82 Å². The van der Waals surface area contributed by atoms with Crippen molar-refractivity contribution >= 4 is 5.82 Å². The van der Waals surface area contributed by atoms with Crippen LogP contribution in [0.15, 0.2) is 18.3 Å². The van der Waals surface area contributed by atoms with Crippen molar-refractivity contribution in [2.45, 2.75) is 37.8 Å².